The Bertz CT molecular complexity index is 1610. The highest BCUT2D eigenvalue weighted by atomic mass is 35.5. The minimum atomic E-state index is -3.15. The molecular formula is C23H23ClN2O17. The molecular weight excluding hydrogens is 612 g/mol. The fraction of sp³-hybridized carbons (Fsp3) is 0.174. The lowest BCUT2D eigenvalue weighted by molar-refractivity contribution is -0.176. The van der Waals surface area contributed by atoms with Gasteiger partial charge in [0, 0.05) is 6.54 Å². The number of aromatic carboxylic acids is 1. The zero-order valence-electron chi connectivity index (χ0n) is 20.9. The van der Waals surface area contributed by atoms with Crippen LogP contribution in [0.5, 0.6) is 69.0 Å². The Morgan fingerprint density at radius 2 is 1.14 bits per heavy atom. The summed E-state index contributed by atoms with van der Waals surface area (Å²) in [6, 6.07) is 0. The zero-order valence-corrected chi connectivity index (χ0v) is 21.7. The lowest BCUT2D eigenvalue weighted by Crippen LogP contribution is -2.51. The van der Waals surface area contributed by atoms with Crippen LogP contribution >= 0.6 is 11.6 Å². The molecule has 20 heteroatoms. The zero-order chi connectivity index (χ0) is 32.9. The number of hydrogen-bond acceptors (Lipinski definition) is 18. The Hall–Kier alpha value is -5.34. The summed E-state index contributed by atoms with van der Waals surface area (Å²) in [4.78, 5) is 11.5. The van der Waals surface area contributed by atoms with E-state index in [9.17, 15) is 86.5 Å². The molecule has 0 aliphatic heterocycles. The molecule has 0 saturated carbocycles. The predicted octanol–water partition coefficient (Wildman–Crippen LogP) is -0.454. The monoisotopic (exact) mass is 634 g/mol. The van der Waals surface area contributed by atoms with Crippen molar-refractivity contribution in [2.75, 3.05) is 18.4 Å². The largest absolute Gasteiger partial charge is 0.506 e. The second-order valence-corrected chi connectivity index (χ2v) is 9.16. The summed E-state index contributed by atoms with van der Waals surface area (Å²) in [7, 11) is 0. The van der Waals surface area contributed by atoms with Crippen molar-refractivity contribution in [1.82, 2.24) is 5.32 Å². The average molecular weight is 635 g/mol. The first-order valence-corrected chi connectivity index (χ1v) is 11.6. The highest BCUT2D eigenvalue weighted by Gasteiger charge is 2.35. The standard InChI is InChI=1S/C23H23ClN2O17/c24-8-11(29)4(13(31)20(38)17(8)35)3(27)1-26-23(42,43)2-25-9-12(30)6(15(33)21(39)18(9)36)5-10(28)7(22(40)41)16(34)19(37)14(5)32/h3,25-39,42-43H,1-2H2,(H,40,41). The smallest absolute Gasteiger partial charge is 0.343 e. The normalized spacial score (nSPS) is 12.3. The number of rotatable bonds is 9. The number of carboxylic acid groups (broad SMARTS) is 1. The number of hydrogen-bond donors (Lipinski definition) is 18. The molecule has 3 aromatic carbocycles. The van der Waals surface area contributed by atoms with Gasteiger partial charge in [-0.1, -0.05) is 11.6 Å². The number of phenols is 12. The molecule has 0 amide bonds. The number of carboxylic acids is 1. The number of aliphatic hydroxyl groups excluding tert-OH is 1. The lowest BCUT2D eigenvalue weighted by Gasteiger charge is -2.27. The number of anilines is 1. The maximum absolute atomic E-state index is 11.5. The number of aromatic hydroxyl groups is 12. The summed E-state index contributed by atoms with van der Waals surface area (Å²) in [6.07, 6.45) is -2.05. The first kappa shape index (κ1) is 32.2. The van der Waals surface area contributed by atoms with Crippen molar-refractivity contribution in [2.45, 2.75) is 12.0 Å². The van der Waals surface area contributed by atoms with Gasteiger partial charge in [-0.25, -0.2) is 4.79 Å². The van der Waals surface area contributed by atoms with Gasteiger partial charge < -0.3 is 87.0 Å². The van der Waals surface area contributed by atoms with Gasteiger partial charge in [0.05, 0.1) is 29.3 Å². The maximum Gasteiger partial charge on any atom is 0.343 e. The van der Waals surface area contributed by atoms with Crippen molar-refractivity contribution in [2.24, 2.45) is 0 Å². The molecule has 0 aliphatic rings. The Morgan fingerprint density at radius 3 is 1.67 bits per heavy atom. The molecule has 0 spiro atoms. The highest BCUT2D eigenvalue weighted by Crippen LogP contribution is 2.60. The van der Waals surface area contributed by atoms with E-state index in [1.54, 1.807) is 0 Å². The Kier molecular flexibility index (Phi) is 8.34. The number of halogens is 1. The van der Waals surface area contributed by atoms with E-state index >= 15 is 0 Å². The van der Waals surface area contributed by atoms with Gasteiger partial charge in [-0.3, -0.25) is 5.32 Å². The molecule has 1 atom stereocenters. The Morgan fingerprint density at radius 1 is 0.651 bits per heavy atom. The van der Waals surface area contributed by atoms with Crippen molar-refractivity contribution in [1.29, 1.82) is 0 Å². The first-order chi connectivity index (χ1) is 19.8. The first-order valence-electron chi connectivity index (χ1n) is 11.3. The van der Waals surface area contributed by atoms with E-state index in [-0.39, 0.29) is 0 Å². The van der Waals surface area contributed by atoms with Gasteiger partial charge in [0.25, 0.3) is 0 Å². The number of nitrogens with one attached hydrogen (secondary N) is 2. The molecule has 0 aliphatic carbocycles. The van der Waals surface area contributed by atoms with Crippen LogP contribution in [0.1, 0.15) is 22.0 Å². The molecule has 19 nitrogen and oxygen atoms in total. The van der Waals surface area contributed by atoms with Gasteiger partial charge in [0.2, 0.25) is 23.2 Å². The maximum atomic E-state index is 11.5. The molecule has 0 bridgehead atoms. The second-order valence-electron chi connectivity index (χ2n) is 8.78. The van der Waals surface area contributed by atoms with Crippen LogP contribution < -0.4 is 10.6 Å². The van der Waals surface area contributed by atoms with Crippen molar-refractivity contribution in [3.8, 4) is 80.1 Å². The van der Waals surface area contributed by atoms with Crippen LogP contribution in [0.25, 0.3) is 11.1 Å². The number of carbonyl (C=O) groups is 1. The molecule has 1 unspecified atom stereocenters. The minimum absolute atomic E-state index is 0.850. The number of benzene rings is 3. The molecule has 0 saturated heterocycles. The Labute approximate surface area is 242 Å². The SMILES string of the molecule is O=C(O)c1c(O)c(O)c(O)c(-c2c(O)c(O)c(O)c(NCC(O)(O)NCC(O)c3c(O)c(O)c(O)c(Cl)c3O)c2O)c1O. The number of aliphatic hydroxyl groups is 3. The molecule has 0 aromatic heterocycles. The fourth-order valence-corrected chi connectivity index (χ4v) is 4.07. The van der Waals surface area contributed by atoms with E-state index in [1.165, 1.54) is 0 Å². The topological polar surface area (TPSA) is 365 Å². The van der Waals surface area contributed by atoms with Gasteiger partial charge in [-0.2, -0.15) is 0 Å². The molecule has 3 aromatic rings. The molecule has 234 valence electrons. The van der Waals surface area contributed by atoms with Gasteiger partial charge in [-0.05, 0) is 0 Å². The highest BCUT2D eigenvalue weighted by molar-refractivity contribution is 6.34. The van der Waals surface area contributed by atoms with Crippen LogP contribution in [-0.2, 0) is 0 Å². The molecule has 43 heavy (non-hydrogen) atoms. The van der Waals surface area contributed by atoms with E-state index < -0.39 is 133 Å². The molecule has 0 fully saturated rings. The predicted molar refractivity (Wildman–Crippen MR) is 139 cm³/mol. The lowest BCUT2D eigenvalue weighted by atomic mass is 9.95. The van der Waals surface area contributed by atoms with E-state index in [2.05, 4.69) is 0 Å². The van der Waals surface area contributed by atoms with Crippen molar-refractivity contribution >= 4 is 23.3 Å². The third kappa shape index (κ3) is 5.36. The summed E-state index contributed by atoms with van der Waals surface area (Å²) < 4.78 is 0. The van der Waals surface area contributed by atoms with Crippen molar-refractivity contribution in [3.63, 3.8) is 0 Å². The Balaban J connectivity index is 1.98. The van der Waals surface area contributed by atoms with Crippen LogP contribution in [-0.4, -0.2) is 107 Å². The van der Waals surface area contributed by atoms with Crippen LogP contribution in [0.2, 0.25) is 5.02 Å². The summed E-state index contributed by atoms with van der Waals surface area (Å²) >= 11 is 5.60. The van der Waals surface area contributed by atoms with Gasteiger partial charge in [0.15, 0.2) is 40.2 Å². The molecule has 0 radical (unpaired) electrons. The molecule has 3 rings (SSSR count). The van der Waals surface area contributed by atoms with E-state index in [0.29, 0.717) is 0 Å². The van der Waals surface area contributed by atoms with Crippen LogP contribution in [0.3, 0.4) is 0 Å². The third-order valence-electron chi connectivity index (χ3n) is 6.05. The van der Waals surface area contributed by atoms with Gasteiger partial charge in [-0.15, -0.1) is 0 Å². The van der Waals surface area contributed by atoms with Crippen molar-refractivity contribution < 1.29 is 86.5 Å². The van der Waals surface area contributed by atoms with Gasteiger partial charge in [0.1, 0.15) is 27.8 Å². The summed E-state index contributed by atoms with van der Waals surface area (Å²) in [5, 5.41) is 164. The summed E-state index contributed by atoms with van der Waals surface area (Å²) in [5.74, 6) is -21.7. The van der Waals surface area contributed by atoms with E-state index in [0.717, 1.165) is 0 Å². The van der Waals surface area contributed by atoms with Gasteiger partial charge >= 0.3 is 5.97 Å². The number of phenolic OH excluding ortho intramolecular Hbond substituents is 10. The van der Waals surface area contributed by atoms with Crippen molar-refractivity contribution in [3.05, 3.63) is 16.1 Å². The minimum Gasteiger partial charge on any atom is -0.506 e. The fourth-order valence-electron chi connectivity index (χ4n) is 3.88. The van der Waals surface area contributed by atoms with Crippen LogP contribution in [0, 0.1) is 0 Å². The average Bonchev–Trinajstić information content (AvgIpc) is 2.93. The van der Waals surface area contributed by atoms with E-state index in [1.807, 2.05) is 10.6 Å². The van der Waals surface area contributed by atoms with Crippen LogP contribution in [0.15, 0.2) is 0 Å². The van der Waals surface area contributed by atoms with Crippen LogP contribution in [0.4, 0.5) is 5.69 Å². The third-order valence-corrected chi connectivity index (χ3v) is 6.41. The quantitative estimate of drug-likeness (QED) is 0.0803. The molecule has 0 heterocycles. The summed E-state index contributed by atoms with van der Waals surface area (Å²) in [6.45, 7) is -2.16. The summed E-state index contributed by atoms with van der Waals surface area (Å²) in [5.41, 5.74) is -5.83. The molecule has 18 N–H and O–H groups in total. The van der Waals surface area contributed by atoms with E-state index in [4.69, 9.17) is 11.6 Å². The second kappa shape index (κ2) is 11.2.